The zero-order chi connectivity index (χ0) is 18.6. The maximum atomic E-state index is 12.1. The molecule has 0 bridgehead atoms. The molecule has 9 heteroatoms. The van der Waals surface area contributed by atoms with Crippen molar-refractivity contribution in [2.24, 2.45) is 5.14 Å². The first kappa shape index (κ1) is 18.0. The van der Waals surface area contributed by atoms with Gasteiger partial charge in [-0.05, 0) is 38.5 Å². The van der Waals surface area contributed by atoms with Crippen molar-refractivity contribution in [3.63, 3.8) is 0 Å². The number of hydrogen-bond donors (Lipinski definition) is 1. The standard InChI is InChI=1S/C16H20N2O5S2/c1-16(2,3)18-8-11(23-15(18)19)9-5-6-10-12(7-9)24-14(13(10)22-4)25(17,20)21/h5-7,11H,8H2,1-4H3,(H2,17,20,21)/t11-/m1/s1. The summed E-state index contributed by atoms with van der Waals surface area (Å²) >= 11 is 1.04. The predicted octanol–water partition coefficient (Wildman–Crippen LogP) is 2.85. The number of nitrogens with zero attached hydrogens (tertiary/aromatic N) is 1. The van der Waals surface area contributed by atoms with Crippen molar-refractivity contribution in [3.8, 4) is 5.75 Å². The molecule has 1 amide bonds. The van der Waals surface area contributed by atoms with Crippen LogP contribution in [0, 0.1) is 0 Å². The van der Waals surface area contributed by atoms with Crippen LogP contribution >= 0.6 is 11.3 Å². The van der Waals surface area contributed by atoms with Gasteiger partial charge in [-0.3, -0.25) is 4.90 Å². The van der Waals surface area contributed by atoms with E-state index in [0.717, 1.165) is 16.9 Å². The second-order valence-electron chi connectivity index (χ2n) is 6.88. The van der Waals surface area contributed by atoms with Gasteiger partial charge >= 0.3 is 6.09 Å². The number of ether oxygens (including phenoxy) is 2. The molecule has 0 unspecified atom stereocenters. The highest BCUT2D eigenvalue weighted by Gasteiger charge is 2.38. The molecule has 3 rings (SSSR count). The number of methoxy groups -OCH3 is 1. The lowest BCUT2D eigenvalue weighted by Crippen LogP contribution is -2.41. The van der Waals surface area contributed by atoms with Gasteiger partial charge in [0.25, 0.3) is 10.0 Å². The molecule has 2 aromatic rings. The molecule has 1 saturated heterocycles. The summed E-state index contributed by atoms with van der Waals surface area (Å²) in [7, 11) is -2.47. The topological polar surface area (TPSA) is 98.9 Å². The zero-order valence-corrected chi connectivity index (χ0v) is 16.0. The monoisotopic (exact) mass is 384 g/mol. The Morgan fingerprint density at radius 1 is 1.36 bits per heavy atom. The van der Waals surface area contributed by atoms with Crippen molar-refractivity contribution in [1.82, 2.24) is 4.90 Å². The van der Waals surface area contributed by atoms with Gasteiger partial charge in [-0.2, -0.15) is 0 Å². The van der Waals surface area contributed by atoms with Crippen LogP contribution in [0.5, 0.6) is 5.75 Å². The minimum Gasteiger partial charge on any atom is -0.494 e. The summed E-state index contributed by atoms with van der Waals surface area (Å²) in [6.07, 6.45) is -0.756. The van der Waals surface area contributed by atoms with Crippen LogP contribution < -0.4 is 9.88 Å². The number of fused-ring (bicyclic) bond motifs is 1. The van der Waals surface area contributed by atoms with Gasteiger partial charge < -0.3 is 9.47 Å². The minimum atomic E-state index is -3.88. The van der Waals surface area contributed by atoms with Crippen molar-refractivity contribution in [3.05, 3.63) is 23.8 Å². The third kappa shape index (κ3) is 3.19. The van der Waals surface area contributed by atoms with E-state index in [0.29, 0.717) is 16.6 Å². The van der Waals surface area contributed by atoms with Crippen LogP contribution in [0.15, 0.2) is 22.4 Å². The normalized spacial score (nSPS) is 18.7. The number of carbonyl (C=O) groups is 1. The number of thiophene rings is 1. The number of amides is 1. The van der Waals surface area contributed by atoms with E-state index in [4.69, 9.17) is 14.6 Å². The Morgan fingerprint density at radius 3 is 2.56 bits per heavy atom. The summed E-state index contributed by atoms with van der Waals surface area (Å²) in [5.74, 6) is 0.244. The lowest BCUT2D eigenvalue weighted by atomic mass is 10.0. The molecule has 2 N–H and O–H groups in total. The van der Waals surface area contributed by atoms with E-state index >= 15 is 0 Å². The summed E-state index contributed by atoms with van der Waals surface area (Å²) in [4.78, 5) is 13.8. The van der Waals surface area contributed by atoms with Gasteiger partial charge in [0.05, 0.1) is 13.7 Å². The first-order valence-electron chi connectivity index (χ1n) is 7.64. The predicted molar refractivity (Wildman–Crippen MR) is 95.4 cm³/mol. The molecule has 0 aliphatic carbocycles. The van der Waals surface area contributed by atoms with Crippen molar-refractivity contribution in [2.75, 3.05) is 13.7 Å². The van der Waals surface area contributed by atoms with Crippen LogP contribution in [-0.2, 0) is 14.8 Å². The Morgan fingerprint density at radius 2 is 2.04 bits per heavy atom. The molecule has 0 saturated carbocycles. The van der Waals surface area contributed by atoms with Gasteiger partial charge in [-0.25, -0.2) is 18.4 Å². The number of carbonyl (C=O) groups excluding carboxylic acids is 1. The molecule has 1 aliphatic heterocycles. The average molecular weight is 384 g/mol. The Bertz CT molecular complexity index is 943. The number of benzene rings is 1. The smallest absolute Gasteiger partial charge is 0.411 e. The highest BCUT2D eigenvalue weighted by molar-refractivity contribution is 7.91. The molecule has 0 radical (unpaired) electrons. The fourth-order valence-electron chi connectivity index (χ4n) is 2.83. The molecular weight excluding hydrogens is 364 g/mol. The molecule has 1 fully saturated rings. The minimum absolute atomic E-state index is 0.0121. The van der Waals surface area contributed by atoms with Crippen LogP contribution in [0.1, 0.15) is 32.4 Å². The Hall–Kier alpha value is -1.84. The second kappa shape index (κ2) is 5.86. The van der Waals surface area contributed by atoms with Crippen LogP contribution in [0.4, 0.5) is 4.79 Å². The van der Waals surface area contributed by atoms with E-state index in [1.807, 2.05) is 32.9 Å². The van der Waals surface area contributed by atoms with E-state index < -0.39 is 16.1 Å². The Balaban J connectivity index is 2.02. The second-order valence-corrected chi connectivity index (χ2v) is 9.69. The van der Waals surface area contributed by atoms with Gasteiger partial charge in [-0.1, -0.05) is 6.07 Å². The van der Waals surface area contributed by atoms with Gasteiger partial charge in [-0.15, -0.1) is 11.3 Å². The fraction of sp³-hybridized carbons (Fsp3) is 0.438. The van der Waals surface area contributed by atoms with E-state index in [9.17, 15) is 13.2 Å². The van der Waals surface area contributed by atoms with Crippen LogP contribution in [0.3, 0.4) is 0 Å². The summed E-state index contributed by atoms with van der Waals surface area (Å²) in [6.45, 7) is 6.28. The maximum absolute atomic E-state index is 12.1. The first-order chi connectivity index (χ1) is 11.5. The SMILES string of the molecule is COc1c(S(N)(=O)=O)sc2cc([C@H]3CN(C(C)(C)C)C(=O)O3)ccc12. The van der Waals surface area contributed by atoms with E-state index in [-0.39, 0.29) is 21.6 Å². The molecule has 0 spiro atoms. The maximum Gasteiger partial charge on any atom is 0.411 e. The van der Waals surface area contributed by atoms with Gasteiger partial charge in [0.15, 0.2) is 9.96 Å². The van der Waals surface area contributed by atoms with E-state index in [2.05, 4.69) is 0 Å². The number of hydrogen-bond acceptors (Lipinski definition) is 6. The highest BCUT2D eigenvalue weighted by Crippen LogP contribution is 2.42. The number of rotatable bonds is 3. The third-order valence-corrected chi connectivity index (χ3v) is 6.67. The van der Waals surface area contributed by atoms with Crippen LogP contribution in [0.25, 0.3) is 10.1 Å². The molecule has 7 nitrogen and oxygen atoms in total. The summed E-state index contributed by atoms with van der Waals surface area (Å²) in [5.41, 5.74) is 0.473. The molecule has 25 heavy (non-hydrogen) atoms. The molecule has 1 atom stereocenters. The zero-order valence-electron chi connectivity index (χ0n) is 14.4. The summed E-state index contributed by atoms with van der Waals surface area (Å²) in [6, 6.07) is 5.40. The van der Waals surface area contributed by atoms with Gasteiger partial charge in [0, 0.05) is 15.6 Å². The average Bonchev–Trinajstić information content (AvgIpc) is 3.05. The van der Waals surface area contributed by atoms with Crippen LogP contribution in [0.2, 0.25) is 0 Å². The number of sulfonamides is 1. The van der Waals surface area contributed by atoms with E-state index in [1.165, 1.54) is 7.11 Å². The van der Waals surface area contributed by atoms with Gasteiger partial charge in [0.1, 0.15) is 6.10 Å². The van der Waals surface area contributed by atoms with Crippen molar-refractivity contribution in [2.45, 2.75) is 36.6 Å². The van der Waals surface area contributed by atoms with Crippen molar-refractivity contribution < 1.29 is 22.7 Å². The molecule has 1 aromatic carbocycles. The largest absolute Gasteiger partial charge is 0.494 e. The van der Waals surface area contributed by atoms with Gasteiger partial charge in [0.2, 0.25) is 0 Å². The highest BCUT2D eigenvalue weighted by atomic mass is 32.2. The number of primary sulfonamides is 1. The molecule has 1 aromatic heterocycles. The molecule has 2 heterocycles. The Kier molecular flexibility index (Phi) is 4.21. The quantitative estimate of drug-likeness (QED) is 0.877. The molecular formula is C16H20N2O5S2. The number of nitrogens with two attached hydrogens (primary N) is 1. The van der Waals surface area contributed by atoms with E-state index in [1.54, 1.807) is 11.0 Å². The molecule has 1 aliphatic rings. The van der Waals surface area contributed by atoms with Crippen molar-refractivity contribution >= 4 is 37.5 Å². The van der Waals surface area contributed by atoms with Crippen molar-refractivity contribution in [1.29, 1.82) is 0 Å². The first-order valence-corrected chi connectivity index (χ1v) is 10.00. The fourth-order valence-corrected chi connectivity index (χ4v) is 4.97. The molecule has 136 valence electrons. The van der Waals surface area contributed by atoms with Crippen LogP contribution in [-0.4, -0.2) is 38.6 Å². The third-order valence-electron chi connectivity index (χ3n) is 4.09. The number of cyclic esters (lactones) is 1. The lowest BCUT2D eigenvalue weighted by Gasteiger charge is -2.29. The Labute approximate surface area is 150 Å². The summed E-state index contributed by atoms with van der Waals surface area (Å²) in [5, 5.41) is 5.93. The lowest BCUT2D eigenvalue weighted by molar-refractivity contribution is 0.120. The summed E-state index contributed by atoms with van der Waals surface area (Å²) < 4.78 is 34.9.